The zero-order valence-corrected chi connectivity index (χ0v) is 11.9. The van der Waals surface area contributed by atoms with Gasteiger partial charge in [-0.2, -0.15) is 5.26 Å². The summed E-state index contributed by atoms with van der Waals surface area (Å²) in [5.41, 5.74) is 1.97. The molecule has 1 aliphatic rings. The van der Waals surface area contributed by atoms with Gasteiger partial charge in [0.05, 0.1) is 29.7 Å². The minimum atomic E-state index is 0.0491. The maximum atomic E-state index is 9.10. The summed E-state index contributed by atoms with van der Waals surface area (Å²) >= 11 is 0. The molecule has 0 spiro atoms. The minimum absolute atomic E-state index is 0.0491. The van der Waals surface area contributed by atoms with Crippen molar-refractivity contribution in [3.8, 4) is 6.07 Å². The van der Waals surface area contributed by atoms with E-state index in [0.717, 1.165) is 49.8 Å². The van der Waals surface area contributed by atoms with E-state index in [9.17, 15) is 0 Å². The molecule has 2 rings (SSSR count). The van der Waals surface area contributed by atoms with E-state index in [-0.39, 0.29) is 6.04 Å². The zero-order valence-electron chi connectivity index (χ0n) is 11.9. The second-order valence-electron chi connectivity index (χ2n) is 4.98. The highest BCUT2D eigenvalue weighted by Gasteiger charge is 2.23. The highest BCUT2D eigenvalue weighted by atomic mass is 15.3. The van der Waals surface area contributed by atoms with Gasteiger partial charge in [-0.05, 0) is 20.3 Å². The molecule has 0 amide bonds. The highest BCUT2D eigenvalue weighted by Crippen LogP contribution is 2.16. The fourth-order valence-electron chi connectivity index (χ4n) is 2.38. The Hall–Kier alpha value is -1.67. The smallest absolute Gasteiger partial charge is 0.147 e. The van der Waals surface area contributed by atoms with Crippen molar-refractivity contribution in [2.24, 2.45) is 0 Å². The fraction of sp³-hybridized carbons (Fsp3) is 0.643. The maximum Gasteiger partial charge on any atom is 0.147 e. The van der Waals surface area contributed by atoms with Crippen LogP contribution < -0.4 is 4.90 Å². The molecule has 102 valence electrons. The van der Waals surface area contributed by atoms with Crippen molar-refractivity contribution < 1.29 is 0 Å². The van der Waals surface area contributed by atoms with Crippen LogP contribution in [0.3, 0.4) is 0 Å². The van der Waals surface area contributed by atoms with Crippen molar-refractivity contribution >= 4 is 5.82 Å². The van der Waals surface area contributed by atoms with E-state index >= 15 is 0 Å². The van der Waals surface area contributed by atoms with Crippen molar-refractivity contribution in [1.29, 1.82) is 5.26 Å². The molecule has 19 heavy (non-hydrogen) atoms. The number of aromatic nitrogens is 2. The molecule has 0 aliphatic carbocycles. The van der Waals surface area contributed by atoms with Gasteiger partial charge < -0.3 is 4.90 Å². The minimum Gasteiger partial charge on any atom is -0.353 e. The number of nitrogens with zero attached hydrogens (tertiary/aromatic N) is 5. The SMILES string of the molecule is CCC(C#N)N1CCN(c2cnc(C)c(C)n2)CC1. The quantitative estimate of drug-likeness (QED) is 0.823. The topological polar surface area (TPSA) is 56.1 Å². The summed E-state index contributed by atoms with van der Waals surface area (Å²) in [4.78, 5) is 13.5. The second-order valence-corrected chi connectivity index (χ2v) is 4.98. The second kappa shape index (κ2) is 5.98. The third kappa shape index (κ3) is 3.02. The first-order valence-corrected chi connectivity index (χ1v) is 6.84. The maximum absolute atomic E-state index is 9.10. The molecule has 1 saturated heterocycles. The summed E-state index contributed by atoms with van der Waals surface area (Å²) in [6.45, 7) is 9.69. The molecule has 0 N–H and O–H groups in total. The van der Waals surface area contributed by atoms with E-state index in [4.69, 9.17) is 5.26 Å². The van der Waals surface area contributed by atoms with Crippen LogP contribution in [0.2, 0.25) is 0 Å². The van der Waals surface area contributed by atoms with E-state index in [2.05, 4.69) is 32.8 Å². The summed E-state index contributed by atoms with van der Waals surface area (Å²) in [6.07, 6.45) is 2.74. The normalized spacial score (nSPS) is 18.1. The van der Waals surface area contributed by atoms with Crippen molar-refractivity contribution in [2.45, 2.75) is 33.2 Å². The Morgan fingerprint density at radius 2 is 1.95 bits per heavy atom. The van der Waals surface area contributed by atoms with Crippen LogP contribution in [0.15, 0.2) is 6.20 Å². The van der Waals surface area contributed by atoms with Crippen LogP contribution in [0.5, 0.6) is 0 Å². The molecule has 1 aliphatic heterocycles. The summed E-state index contributed by atoms with van der Waals surface area (Å²) in [5, 5.41) is 9.10. The Labute approximate surface area is 114 Å². The third-order valence-corrected chi connectivity index (χ3v) is 3.79. The van der Waals surface area contributed by atoms with Crippen LogP contribution in [-0.2, 0) is 0 Å². The van der Waals surface area contributed by atoms with Crippen LogP contribution in [-0.4, -0.2) is 47.1 Å². The van der Waals surface area contributed by atoms with Gasteiger partial charge in [-0.1, -0.05) is 6.92 Å². The van der Waals surface area contributed by atoms with Crippen LogP contribution in [0.4, 0.5) is 5.82 Å². The van der Waals surface area contributed by atoms with E-state index in [1.54, 1.807) is 0 Å². The summed E-state index contributed by atoms with van der Waals surface area (Å²) in [6, 6.07) is 2.42. The first-order chi connectivity index (χ1) is 9.15. The average molecular weight is 259 g/mol. The van der Waals surface area contributed by atoms with Crippen molar-refractivity contribution in [3.05, 3.63) is 17.6 Å². The zero-order chi connectivity index (χ0) is 13.8. The van der Waals surface area contributed by atoms with Gasteiger partial charge in [0, 0.05) is 26.2 Å². The summed E-state index contributed by atoms with van der Waals surface area (Å²) in [5.74, 6) is 0.952. The van der Waals surface area contributed by atoms with E-state index in [1.807, 2.05) is 20.0 Å². The monoisotopic (exact) mass is 259 g/mol. The molecule has 1 fully saturated rings. The number of hydrogen-bond acceptors (Lipinski definition) is 5. The standard InChI is InChI=1S/C14H21N5/c1-4-13(9-15)18-5-7-19(8-6-18)14-10-16-11(2)12(3)17-14/h10,13H,4-8H2,1-3H3. The van der Waals surface area contributed by atoms with Crippen LogP contribution in [0.1, 0.15) is 24.7 Å². The molecule has 0 aromatic carbocycles. The molecule has 5 heteroatoms. The molecule has 0 saturated carbocycles. The van der Waals surface area contributed by atoms with E-state index in [0.29, 0.717) is 0 Å². The van der Waals surface area contributed by atoms with Gasteiger partial charge in [0.2, 0.25) is 0 Å². The lowest BCUT2D eigenvalue weighted by atomic mass is 10.2. The van der Waals surface area contributed by atoms with Crippen LogP contribution in [0, 0.1) is 25.2 Å². The number of aryl methyl sites for hydroxylation is 2. The van der Waals surface area contributed by atoms with Crippen molar-refractivity contribution in [2.75, 3.05) is 31.1 Å². The molecule has 2 heterocycles. The predicted octanol–water partition coefficient (Wildman–Crippen LogP) is 1.52. The Morgan fingerprint density at radius 1 is 1.26 bits per heavy atom. The summed E-state index contributed by atoms with van der Waals surface area (Å²) in [7, 11) is 0. The molecule has 1 aromatic heterocycles. The predicted molar refractivity (Wildman–Crippen MR) is 75.0 cm³/mol. The lowest BCUT2D eigenvalue weighted by molar-refractivity contribution is 0.216. The first kappa shape index (κ1) is 13.8. The van der Waals surface area contributed by atoms with Crippen LogP contribution in [0.25, 0.3) is 0 Å². The molecule has 5 nitrogen and oxygen atoms in total. The Kier molecular flexibility index (Phi) is 4.33. The highest BCUT2D eigenvalue weighted by molar-refractivity contribution is 5.38. The summed E-state index contributed by atoms with van der Waals surface area (Å²) < 4.78 is 0. The van der Waals surface area contributed by atoms with Crippen LogP contribution >= 0.6 is 0 Å². The average Bonchev–Trinajstić information content (AvgIpc) is 2.44. The third-order valence-electron chi connectivity index (χ3n) is 3.79. The molecular formula is C14H21N5. The van der Waals surface area contributed by atoms with Gasteiger partial charge in [0.15, 0.2) is 0 Å². The van der Waals surface area contributed by atoms with Crippen molar-refractivity contribution in [3.63, 3.8) is 0 Å². The molecule has 1 unspecified atom stereocenters. The molecule has 0 bridgehead atoms. The number of rotatable bonds is 3. The molecule has 1 atom stereocenters. The molecule has 0 radical (unpaired) electrons. The first-order valence-electron chi connectivity index (χ1n) is 6.84. The Morgan fingerprint density at radius 3 is 2.47 bits per heavy atom. The van der Waals surface area contributed by atoms with Gasteiger partial charge in [-0.15, -0.1) is 0 Å². The molecule has 1 aromatic rings. The van der Waals surface area contributed by atoms with E-state index < -0.39 is 0 Å². The Bertz CT molecular complexity index is 471. The van der Waals surface area contributed by atoms with Gasteiger partial charge in [0.1, 0.15) is 5.82 Å². The number of piperazine rings is 1. The van der Waals surface area contributed by atoms with E-state index in [1.165, 1.54) is 0 Å². The number of anilines is 1. The fourth-order valence-corrected chi connectivity index (χ4v) is 2.38. The van der Waals surface area contributed by atoms with Gasteiger partial charge in [-0.3, -0.25) is 9.88 Å². The lowest BCUT2D eigenvalue weighted by Gasteiger charge is -2.37. The van der Waals surface area contributed by atoms with Gasteiger partial charge >= 0.3 is 0 Å². The van der Waals surface area contributed by atoms with Gasteiger partial charge in [0.25, 0.3) is 0 Å². The number of hydrogen-bond donors (Lipinski definition) is 0. The number of nitriles is 1. The van der Waals surface area contributed by atoms with Crippen molar-refractivity contribution in [1.82, 2.24) is 14.9 Å². The lowest BCUT2D eigenvalue weighted by Crippen LogP contribution is -2.50. The van der Waals surface area contributed by atoms with Gasteiger partial charge in [-0.25, -0.2) is 4.98 Å². The Balaban J connectivity index is 2.00. The molecular weight excluding hydrogens is 238 g/mol. The largest absolute Gasteiger partial charge is 0.353 e.